The summed E-state index contributed by atoms with van der Waals surface area (Å²) in [5, 5.41) is 0.542. The summed E-state index contributed by atoms with van der Waals surface area (Å²) in [5.41, 5.74) is 0.0571. The molecule has 11 heteroatoms. The van der Waals surface area contributed by atoms with E-state index in [-0.39, 0.29) is 34.3 Å². The Morgan fingerprint density at radius 3 is 1.22 bits per heavy atom. The summed E-state index contributed by atoms with van der Waals surface area (Å²) in [7, 11) is 0. The van der Waals surface area contributed by atoms with Crippen LogP contribution in [0.15, 0.2) is 34.3 Å². The van der Waals surface area contributed by atoms with Crippen molar-refractivity contribution < 1.29 is 28.7 Å². The van der Waals surface area contributed by atoms with Gasteiger partial charge in [-0.25, -0.2) is 19.6 Å². The van der Waals surface area contributed by atoms with Gasteiger partial charge in [-0.3, -0.25) is 9.59 Å². The molecule has 0 aliphatic carbocycles. The van der Waals surface area contributed by atoms with Crippen LogP contribution in [0.4, 0.5) is 10.0 Å². The van der Waals surface area contributed by atoms with Crippen LogP contribution in [0.5, 0.6) is 0 Å². The lowest BCUT2D eigenvalue weighted by Gasteiger charge is -2.09. The van der Waals surface area contributed by atoms with Crippen LogP contribution in [0.1, 0.15) is 166 Å². The van der Waals surface area contributed by atoms with Gasteiger partial charge in [-0.05, 0) is 37.1 Å². The van der Waals surface area contributed by atoms with Gasteiger partial charge in [-0.15, -0.1) is 22.7 Å². The van der Waals surface area contributed by atoms with E-state index in [1.165, 1.54) is 86.9 Å². The minimum atomic E-state index is -0.647. The zero-order valence-electron chi connectivity index (χ0n) is 28.9. The van der Waals surface area contributed by atoms with Crippen LogP contribution in [0.25, 0.3) is 0 Å². The number of esters is 2. The molecule has 266 valence electrons. The van der Waals surface area contributed by atoms with E-state index in [1.807, 2.05) is 0 Å². The van der Waals surface area contributed by atoms with Gasteiger partial charge in [0.25, 0.3) is 0 Å². The zero-order chi connectivity index (χ0) is 35.1. The Bertz CT molecular complexity index is 1390. The summed E-state index contributed by atoms with van der Waals surface area (Å²) < 4.78 is 11.4. The smallest absolute Gasteiger partial charge is 0.342 e. The Morgan fingerprint density at radius 1 is 0.531 bits per heavy atom. The number of aldehydes is 2. The molecular weight excluding hydrogens is 677 g/mol. The largest absolute Gasteiger partial charge is 0.462 e. The number of carbonyl (C=O) groups is 4. The molecule has 0 bridgehead atoms. The molecule has 0 N–H and O–H groups in total. The third-order valence-corrected chi connectivity index (χ3v) is 10.8. The van der Waals surface area contributed by atoms with Gasteiger partial charge in [-0.1, -0.05) is 115 Å². The average molecular weight is 727 g/mol. The molecule has 0 saturated heterocycles. The average Bonchev–Trinajstić information content (AvgIpc) is 3.86. The molecule has 3 rings (SSSR count). The first-order valence-electron chi connectivity index (χ1n) is 17.7. The highest BCUT2D eigenvalue weighted by molar-refractivity contribution is 7.20. The van der Waals surface area contributed by atoms with Crippen molar-refractivity contribution in [2.45, 2.75) is 117 Å². The molecule has 0 amide bonds. The molecule has 49 heavy (non-hydrogen) atoms. The lowest BCUT2D eigenvalue weighted by atomic mass is 10.1. The van der Waals surface area contributed by atoms with E-state index in [2.05, 4.69) is 23.8 Å². The second-order valence-corrected chi connectivity index (χ2v) is 15.2. The van der Waals surface area contributed by atoms with Gasteiger partial charge in [0, 0.05) is 22.2 Å². The summed E-state index contributed by atoms with van der Waals surface area (Å²) >= 11 is 3.63. The molecule has 0 saturated carbocycles. The van der Waals surface area contributed by atoms with E-state index in [0.717, 1.165) is 72.2 Å². The lowest BCUT2D eigenvalue weighted by Crippen LogP contribution is -2.14. The van der Waals surface area contributed by atoms with Gasteiger partial charge < -0.3 is 9.47 Å². The molecule has 0 unspecified atom stereocenters. The van der Waals surface area contributed by atoms with Crippen molar-refractivity contribution in [3.8, 4) is 0 Å². The molecule has 0 radical (unpaired) electrons. The standard InChI is InChI=1S/C38H50N2O6S3/c1-3-5-7-9-11-13-15-17-23-45-37(43)33-34(38(44)46-24-18-16-14-12-10-8-6-4-2)36(40-26-30-20-22-32(28-42)48-30)49-35(33)39-25-29-19-21-31(27-41)47-29/h19-22,25-28H,3-18,23-24H2,1-2H3/b39-25+,40-26+. The Kier molecular flexibility index (Phi) is 19.6. The van der Waals surface area contributed by atoms with Gasteiger partial charge in [0.1, 0.15) is 21.1 Å². The van der Waals surface area contributed by atoms with E-state index in [4.69, 9.17) is 9.47 Å². The maximum absolute atomic E-state index is 13.7. The molecule has 0 fully saturated rings. The minimum Gasteiger partial charge on any atom is -0.462 e. The second kappa shape index (κ2) is 24.0. The van der Waals surface area contributed by atoms with E-state index in [1.54, 1.807) is 36.7 Å². The summed E-state index contributed by atoms with van der Waals surface area (Å²) in [4.78, 5) is 61.5. The van der Waals surface area contributed by atoms with Gasteiger partial charge in [0.05, 0.1) is 23.0 Å². The molecule has 0 aliphatic rings. The number of aliphatic imine (C=N–C) groups is 2. The predicted octanol–water partition coefficient (Wildman–Crippen LogP) is 11.6. The summed E-state index contributed by atoms with van der Waals surface area (Å²) in [5.74, 6) is -1.29. The van der Waals surface area contributed by atoms with Crippen LogP contribution in [-0.4, -0.2) is 50.2 Å². The molecule has 0 atom stereocenters. The van der Waals surface area contributed by atoms with Crippen LogP contribution in [-0.2, 0) is 9.47 Å². The number of carbonyl (C=O) groups excluding carboxylic acids is 4. The van der Waals surface area contributed by atoms with E-state index >= 15 is 0 Å². The van der Waals surface area contributed by atoms with Crippen LogP contribution in [0, 0.1) is 0 Å². The van der Waals surface area contributed by atoms with Crippen molar-refractivity contribution >= 4 is 81.0 Å². The maximum Gasteiger partial charge on any atom is 0.342 e. The van der Waals surface area contributed by atoms with Crippen LogP contribution in [0.3, 0.4) is 0 Å². The Hall–Kier alpha value is -3.28. The maximum atomic E-state index is 13.7. The topological polar surface area (TPSA) is 111 Å². The third kappa shape index (κ3) is 14.6. The van der Waals surface area contributed by atoms with Crippen LogP contribution in [0.2, 0.25) is 0 Å². The van der Waals surface area contributed by atoms with Crippen molar-refractivity contribution in [3.05, 3.63) is 54.9 Å². The van der Waals surface area contributed by atoms with Gasteiger partial charge in [0.15, 0.2) is 12.6 Å². The Morgan fingerprint density at radius 2 is 0.878 bits per heavy atom. The molecule has 3 heterocycles. The monoisotopic (exact) mass is 726 g/mol. The normalized spacial score (nSPS) is 11.5. The predicted molar refractivity (Wildman–Crippen MR) is 204 cm³/mol. The molecule has 3 aromatic heterocycles. The number of ether oxygens (including phenoxy) is 2. The molecule has 0 aliphatic heterocycles. The molecular formula is C38H50N2O6S3. The van der Waals surface area contributed by atoms with E-state index < -0.39 is 11.9 Å². The van der Waals surface area contributed by atoms with Crippen molar-refractivity contribution in [2.75, 3.05) is 13.2 Å². The third-order valence-electron chi connectivity index (χ3n) is 7.89. The van der Waals surface area contributed by atoms with Crippen molar-refractivity contribution in [3.63, 3.8) is 0 Å². The fourth-order valence-electron chi connectivity index (χ4n) is 5.16. The Balaban J connectivity index is 1.82. The van der Waals surface area contributed by atoms with Crippen molar-refractivity contribution in [1.29, 1.82) is 0 Å². The van der Waals surface area contributed by atoms with Gasteiger partial charge in [0.2, 0.25) is 0 Å². The minimum absolute atomic E-state index is 0.0285. The summed E-state index contributed by atoms with van der Waals surface area (Å²) in [6, 6.07) is 6.94. The number of hydrogen-bond acceptors (Lipinski definition) is 11. The number of nitrogens with zero attached hydrogens (tertiary/aromatic N) is 2. The molecule has 0 aromatic carbocycles. The number of rotatable bonds is 26. The highest BCUT2D eigenvalue weighted by atomic mass is 32.1. The van der Waals surface area contributed by atoms with E-state index in [9.17, 15) is 19.2 Å². The van der Waals surface area contributed by atoms with Crippen LogP contribution >= 0.6 is 34.0 Å². The molecule has 3 aromatic rings. The highest BCUT2D eigenvalue weighted by Crippen LogP contribution is 2.43. The second-order valence-electron chi connectivity index (χ2n) is 11.9. The first-order chi connectivity index (χ1) is 24.0. The van der Waals surface area contributed by atoms with Crippen molar-refractivity contribution in [2.24, 2.45) is 9.98 Å². The van der Waals surface area contributed by atoms with Gasteiger partial charge >= 0.3 is 11.9 Å². The lowest BCUT2D eigenvalue weighted by molar-refractivity contribution is 0.0453. The van der Waals surface area contributed by atoms with Crippen molar-refractivity contribution in [1.82, 2.24) is 0 Å². The highest BCUT2D eigenvalue weighted by Gasteiger charge is 2.30. The fraction of sp³-hybridized carbons (Fsp3) is 0.526. The summed E-state index contributed by atoms with van der Waals surface area (Å²) in [6.45, 7) is 4.87. The first-order valence-corrected chi connectivity index (χ1v) is 20.1. The SMILES string of the molecule is CCCCCCCCCCOC(=O)c1c(/N=C/c2ccc(C=O)s2)sc(/N=C/c2ccc(C=O)s2)c1C(=O)OCCCCCCCCCC. The number of unbranched alkanes of at least 4 members (excludes halogenated alkanes) is 14. The fourth-order valence-corrected chi connectivity index (χ4v) is 7.53. The summed E-state index contributed by atoms with van der Waals surface area (Å²) in [6.07, 6.45) is 22.5. The first kappa shape index (κ1) is 40.2. The number of thiophene rings is 3. The van der Waals surface area contributed by atoms with Crippen LogP contribution < -0.4 is 0 Å². The molecule has 8 nitrogen and oxygen atoms in total. The quantitative estimate of drug-likeness (QED) is 0.0352. The number of hydrogen-bond donors (Lipinski definition) is 0. The molecule has 0 spiro atoms. The van der Waals surface area contributed by atoms with E-state index in [0.29, 0.717) is 9.75 Å². The Labute approximate surface area is 303 Å². The van der Waals surface area contributed by atoms with Gasteiger partial charge in [-0.2, -0.15) is 0 Å². The zero-order valence-corrected chi connectivity index (χ0v) is 31.4.